The number of carbonyl (C=O) groups is 3. The zero-order chi connectivity index (χ0) is 17.0. The van der Waals surface area contributed by atoms with Crippen LogP contribution in [0.15, 0.2) is 23.3 Å². The summed E-state index contributed by atoms with van der Waals surface area (Å²) in [4.78, 5) is 34.9. The van der Waals surface area contributed by atoms with E-state index < -0.39 is 18.0 Å². The number of hydrazone groups is 1. The van der Waals surface area contributed by atoms with Crippen molar-refractivity contribution in [2.75, 3.05) is 5.32 Å². The van der Waals surface area contributed by atoms with Gasteiger partial charge in [-0.1, -0.05) is 23.2 Å². The van der Waals surface area contributed by atoms with Crippen LogP contribution in [0.3, 0.4) is 0 Å². The average Bonchev–Trinajstić information content (AvgIpc) is 2.50. The highest BCUT2D eigenvalue weighted by molar-refractivity contribution is 6.38. The Hall–Kier alpha value is -2.12. The fourth-order valence-corrected chi connectivity index (χ4v) is 2.18. The maximum absolute atomic E-state index is 12.0. The van der Waals surface area contributed by atoms with Crippen molar-refractivity contribution in [1.29, 1.82) is 0 Å². The predicted octanol–water partition coefficient (Wildman–Crippen LogP) is 2.13. The van der Waals surface area contributed by atoms with Gasteiger partial charge in [-0.2, -0.15) is 5.10 Å². The molecular weight excluding hydrogens is 345 g/mol. The van der Waals surface area contributed by atoms with Gasteiger partial charge < -0.3 is 10.1 Å². The minimum Gasteiger partial charge on any atom is -0.448 e. The first-order chi connectivity index (χ1) is 10.9. The molecular formula is C14H13Cl2N3O4. The van der Waals surface area contributed by atoms with Gasteiger partial charge in [0.25, 0.3) is 5.91 Å². The highest BCUT2D eigenvalue weighted by Crippen LogP contribution is 2.25. The number of carbonyl (C=O) groups excluding carboxylic acids is 3. The molecule has 0 bridgehead atoms. The molecule has 1 aromatic carbocycles. The Labute approximate surface area is 142 Å². The fourth-order valence-electron chi connectivity index (χ4n) is 1.73. The summed E-state index contributed by atoms with van der Waals surface area (Å²) in [7, 11) is 0. The Kier molecular flexibility index (Phi) is 5.57. The van der Waals surface area contributed by atoms with Crippen molar-refractivity contribution >= 4 is 52.4 Å². The summed E-state index contributed by atoms with van der Waals surface area (Å²) in [6.45, 7) is 1.42. The molecule has 23 heavy (non-hydrogen) atoms. The summed E-state index contributed by atoms with van der Waals surface area (Å²) < 4.78 is 5.02. The number of esters is 1. The topological polar surface area (TPSA) is 96.9 Å². The second-order valence-electron chi connectivity index (χ2n) is 4.75. The zero-order valence-electron chi connectivity index (χ0n) is 12.1. The molecule has 0 saturated heterocycles. The summed E-state index contributed by atoms with van der Waals surface area (Å²) in [5.74, 6) is -1.58. The van der Waals surface area contributed by atoms with E-state index in [1.165, 1.54) is 19.1 Å². The predicted molar refractivity (Wildman–Crippen MR) is 85.5 cm³/mol. The third-order valence-electron chi connectivity index (χ3n) is 2.98. The number of nitrogens with zero attached hydrogens (tertiary/aromatic N) is 1. The SMILES string of the molecule is CC(OC(=O)C1=NNC(=O)CC1)C(=O)Nc1ccc(Cl)cc1Cl. The summed E-state index contributed by atoms with van der Waals surface area (Å²) in [5, 5.41) is 6.84. The number of nitrogens with one attached hydrogen (secondary N) is 2. The second kappa shape index (κ2) is 7.43. The average molecular weight is 358 g/mol. The van der Waals surface area contributed by atoms with Crippen molar-refractivity contribution in [2.24, 2.45) is 5.10 Å². The zero-order valence-corrected chi connectivity index (χ0v) is 13.6. The minimum absolute atomic E-state index is 0.0637. The number of halogens is 2. The van der Waals surface area contributed by atoms with E-state index in [9.17, 15) is 14.4 Å². The Morgan fingerprint density at radius 3 is 2.70 bits per heavy atom. The fraction of sp³-hybridized carbons (Fsp3) is 0.286. The van der Waals surface area contributed by atoms with Crippen molar-refractivity contribution < 1.29 is 19.1 Å². The Morgan fingerprint density at radius 2 is 2.09 bits per heavy atom. The lowest BCUT2D eigenvalue weighted by Crippen LogP contribution is -2.35. The molecule has 0 aromatic heterocycles. The van der Waals surface area contributed by atoms with Gasteiger partial charge in [0.1, 0.15) is 5.71 Å². The molecule has 9 heteroatoms. The molecule has 7 nitrogen and oxygen atoms in total. The van der Waals surface area contributed by atoms with Crippen LogP contribution in [-0.4, -0.2) is 29.6 Å². The van der Waals surface area contributed by atoms with E-state index >= 15 is 0 Å². The van der Waals surface area contributed by atoms with E-state index in [1.54, 1.807) is 6.07 Å². The van der Waals surface area contributed by atoms with Crippen LogP contribution in [0.25, 0.3) is 0 Å². The van der Waals surface area contributed by atoms with Crippen molar-refractivity contribution in [2.45, 2.75) is 25.9 Å². The van der Waals surface area contributed by atoms with E-state index in [0.29, 0.717) is 10.7 Å². The Bertz CT molecular complexity index is 691. The van der Waals surface area contributed by atoms with Crippen LogP contribution in [0.1, 0.15) is 19.8 Å². The standard InChI is InChI=1S/C14H13Cl2N3O4/c1-7(23-14(22)11-4-5-12(20)19-18-11)13(21)17-10-3-2-8(15)6-9(10)16/h2-3,6-7H,4-5H2,1H3,(H,17,21)(H,19,20). The van der Waals surface area contributed by atoms with E-state index in [-0.39, 0.29) is 29.5 Å². The van der Waals surface area contributed by atoms with Crippen molar-refractivity contribution in [3.05, 3.63) is 28.2 Å². The van der Waals surface area contributed by atoms with Gasteiger partial charge in [-0.05, 0) is 25.1 Å². The van der Waals surface area contributed by atoms with Gasteiger partial charge in [-0.25, -0.2) is 10.2 Å². The van der Waals surface area contributed by atoms with E-state index in [1.807, 2.05) is 0 Å². The van der Waals surface area contributed by atoms with Gasteiger partial charge in [0.15, 0.2) is 6.10 Å². The second-order valence-corrected chi connectivity index (χ2v) is 5.60. The number of hydrogen-bond donors (Lipinski definition) is 2. The first-order valence-corrected chi connectivity index (χ1v) is 7.44. The van der Waals surface area contributed by atoms with Crippen LogP contribution in [0, 0.1) is 0 Å². The van der Waals surface area contributed by atoms with E-state index in [0.717, 1.165) is 0 Å². The quantitative estimate of drug-likeness (QED) is 0.806. The lowest BCUT2D eigenvalue weighted by atomic mass is 10.2. The molecule has 122 valence electrons. The van der Waals surface area contributed by atoms with E-state index in [4.69, 9.17) is 27.9 Å². The molecule has 1 unspecified atom stereocenters. The van der Waals surface area contributed by atoms with Crippen molar-refractivity contribution in [1.82, 2.24) is 5.43 Å². The van der Waals surface area contributed by atoms with E-state index in [2.05, 4.69) is 15.8 Å². The van der Waals surface area contributed by atoms with Crippen molar-refractivity contribution in [3.63, 3.8) is 0 Å². The Morgan fingerprint density at radius 1 is 1.35 bits per heavy atom. The van der Waals surface area contributed by atoms with Crippen LogP contribution in [0.4, 0.5) is 5.69 Å². The number of benzene rings is 1. The van der Waals surface area contributed by atoms with Crippen LogP contribution in [0.2, 0.25) is 10.0 Å². The van der Waals surface area contributed by atoms with Crippen LogP contribution < -0.4 is 10.7 Å². The number of hydrogen-bond acceptors (Lipinski definition) is 5. The third kappa shape index (κ3) is 4.67. The molecule has 0 fully saturated rings. The number of anilines is 1. The van der Waals surface area contributed by atoms with Gasteiger partial charge in [-0.15, -0.1) is 0 Å². The molecule has 0 radical (unpaired) electrons. The molecule has 1 aliphatic rings. The lowest BCUT2D eigenvalue weighted by Gasteiger charge is -2.16. The highest BCUT2D eigenvalue weighted by Gasteiger charge is 2.24. The largest absolute Gasteiger partial charge is 0.448 e. The monoisotopic (exact) mass is 357 g/mol. The molecule has 2 amide bonds. The first-order valence-electron chi connectivity index (χ1n) is 6.69. The first kappa shape index (κ1) is 17.2. The van der Waals surface area contributed by atoms with Crippen LogP contribution in [0.5, 0.6) is 0 Å². The maximum atomic E-state index is 12.0. The molecule has 0 spiro atoms. The number of ether oxygens (including phenoxy) is 1. The third-order valence-corrected chi connectivity index (χ3v) is 3.53. The molecule has 1 aliphatic heterocycles. The van der Waals surface area contributed by atoms with Crippen LogP contribution >= 0.6 is 23.2 Å². The number of rotatable bonds is 4. The van der Waals surface area contributed by atoms with Gasteiger partial charge >= 0.3 is 5.97 Å². The summed E-state index contributed by atoms with van der Waals surface area (Å²) in [6.07, 6.45) is -0.744. The minimum atomic E-state index is -1.06. The molecule has 1 aromatic rings. The van der Waals surface area contributed by atoms with Gasteiger partial charge in [0, 0.05) is 17.9 Å². The molecule has 0 aliphatic carbocycles. The molecule has 2 N–H and O–H groups in total. The number of amides is 2. The molecule has 0 saturated carbocycles. The molecule has 1 heterocycles. The highest BCUT2D eigenvalue weighted by atomic mass is 35.5. The van der Waals surface area contributed by atoms with Gasteiger partial charge in [0.2, 0.25) is 5.91 Å². The van der Waals surface area contributed by atoms with Gasteiger partial charge in [-0.3, -0.25) is 9.59 Å². The smallest absolute Gasteiger partial charge is 0.355 e. The molecule has 2 rings (SSSR count). The summed E-state index contributed by atoms with van der Waals surface area (Å²) >= 11 is 11.7. The maximum Gasteiger partial charge on any atom is 0.355 e. The lowest BCUT2D eigenvalue weighted by molar-refractivity contribution is -0.146. The summed E-state index contributed by atoms with van der Waals surface area (Å²) in [5.41, 5.74) is 2.60. The van der Waals surface area contributed by atoms with Crippen LogP contribution in [-0.2, 0) is 19.1 Å². The van der Waals surface area contributed by atoms with Crippen molar-refractivity contribution in [3.8, 4) is 0 Å². The van der Waals surface area contributed by atoms with Gasteiger partial charge in [0.05, 0.1) is 10.7 Å². The summed E-state index contributed by atoms with van der Waals surface area (Å²) in [6, 6.07) is 4.59. The normalized spacial score (nSPS) is 15.3. The Balaban J connectivity index is 1.94. The molecule has 1 atom stereocenters.